The summed E-state index contributed by atoms with van der Waals surface area (Å²) in [6.07, 6.45) is 0. The van der Waals surface area contributed by atoms with E-state index in [1.807, 2.05) is 0 Å². The molecule has 0 saturated heterocycles. The third kappa shape index (κ3) is 6.00. The number of benzene rings is 11. The van der Waals surface area contributed by atoms with E-state index < -0.39 is 8.07 Å². The van der Waals surface area contributed by atoms with Crippen LogP contribution in [0, 0.1) is 0 Å². The lowest BCUT2D eigenvalue weighted by atomic mass is 10.0. The molecule has 0 aliphatic rings. The van der Waals surface area contributed by atoms with Crippen LogP contribution in [0.5, 0.6) is 0 Å². The van der Waals surface area contributed by atoms with Crippen molar-refractivity contribution < 1.29 is 0 Å². The fourth-order valence-corrected chi connectivity index (χ4v) is 16.5. The molecule has 0 fully saturated rings. The molecule has 328 valence electrons. The van der Waals surface area contributed by atoms with Crippen molar-refractivity contribution in [1.82, 2.24) is 13.7 Å². The molecule has 0 spiro atoms. The maximum absolute atomic E-state index is 2.72. The molecule has 0 radical (unpaired) electrons. The lowest BCUT2D eigenvalue weighted by Gasteiger charge is -2.34. The molecule has 14 aromatic rings. The third-order valence-electron chi connectivity index (χ3n) is 14.8. The Morgan fingerprint density at radius 2 is 0.643 bits per heavy atom. The summed E-state index contributed by atoms with van der Waals surface area (Å²) in [7, 11) is -2.72. The van der Waals surface area contributed by atoms with Crippen molar-refractivity contribution in [3.63, 3.8) is 0 Å². The van der Waals surface area contributed by atoms with Crippen LogP contribution < -0.4 is 20.7 Å². The highest BCUT2D eigenvalue weighted by molar-refractivity contribution is 7.19. The van der Waals surface area contributed by atoms with Crippen LogP contribution in [0.1, 0.15) is 0 Å². The van der Waals surface area contributed by atoms with Crippen molar-refractivity contribution in [3.05, 3.63) is 273 Å². The molecule has 0 aliphatic heterocycles. The highest BCUT2D eigenvalue weighted by atomic mass is 28.3. The molecular weight excluding hydrogens is 863 g/mol. The zero-order valence-corrected chi connectivity index (χ0v) is 39.3. The predicted octanol–water partition coefficient (Wildman–Crippen LogP) is 14.0. The maximum Gasteiger partial charge on any atom is 0.179 e. The fourth-order valence-electron chi connectivity index (χ4n) is 11.8. The quantitative estimate of drug-likeness (QED) is 0.107. The fraction of sp³-hybridized carbons (Fsp3) is 0. The Kier molecular flexibility index (Phi) is 9.23. The van der Waals surface area contributed by atoms with E-state index in [1.165, 1.54) is 97.3 Å². The van der Waals surface area contributed by atoms with Crippen LogP contribution >= 0.6 is 0 Å². The van der Waals surface area contributed by atoms with Gasteiger partial charge in [-0.1, -0.05) is 206 Å². The number of hydrogen-bond donors (Lipinski definition) is 0. The smallest absolute Gasteiger partial charge is 0.179 e. The molecular formula is C66H45N3Si. The Hall–Kier alpha value is -8.96. The highest BCUT2D eigenvalue weighted by Crippen LogP contribution is 2.41. The Balaban J connectivity index is 0.976. The minimum Gasteiger partial charge on any atom is -0.309 e. The van der Waals surface area contributed by atoms with E-state index in [0.29, 0.717) is 0 Å². The van der Waals surface area contributed by atoms with Crippen LogP contribution in [0.3, 0.4) is 0 Å². The first-order chi connectivity index (χ1) is 34.8. The van der Waals surface area contributed by atoms with Gasteiger partial charge in [-0.3, -0.25) is 0 Å². The average molecular weight is 908 g/mol. The first kappa shape index (κ1) is 40.1. The van der Waals surface area contributed by atoms with Gasteiger partial charge >= 0.3 is 0 Å². The van der Waals surface area contributed by atoms with Crippen molar-refractivity contribution in [2.24, 2.45) is 0 Å². The monoisotopic (exact) mass is 907 g/mol. The summed E-state index contributed by atoms with van der Waals surface area (Å²) in [6.45, 7) is 0. The summed E-state index contributed by atoms with van der Waals surface area (Å²) in [5.74, 6) is 0. The lowest BCUT2D eigenvalue weighted by Crippen LogP contribution is -2.74. The van der Waals surface area contributed by atoms with E-state index in [1.54, 1.807) is 0 Å². The molecule has 0 atom stereocenters. The molecule has 0 bridgehead atoms. The van der Waals surface area contributed by atoms with Crippen LogP contribution in [0.25, 0.3) is 93.6 Å². The van der Waals surface area contributed by atoms with Gasteiger partial charge in [0.2, 0.25) is 0 Å². The molecule has 4 heteroatoms. The Morgan fingerprint density at radius 1 is 0.229 bits per heavy atom. The molecule has 0 saturated carbocycles. The van der Waals surface area contributed by atoms with E-state index in [0.717, 1.165) is 17.1 Å². The molecule has 70 heavy (non-hydrogen) atoms. The zero-order chi connectivity index (χ0) is 46.2. The Bertz CT molecular complexity index is 4170. The van der Waals surface area contributed by atoms with Gasteiger partial charge in [0.15, 0.2) is 8.07 Å². The minimum atomic E-state index is -2.72. The van der Waals surface area contributed by atoms with Gasteiger partial charge in [-0.05, 0) is 98.6 Å². The number of rotatable bonds is 8. The van der Waals surface area contributed by atoms with Gasteiger partial charge in [-0.2, -0.15) is 0 Å². The van der Waals surface area contributed by atoms with Gasteiger partial charge in [0, 0.05) is 43.7 Å². The zero-order valence-electron chi connectivity index (χ0n) is 38.3. The summed E-state index contributed by atoms with van der Waals surface area (Å²) < 4.78 is 7.44. The van der Waals surface area contributed by atoms with E-state index in [4.69, 9.17) is 0 Å². The molecule has 14 rings (SSSR count). The summed E-state index contributed by atoms with van der Waals surface area (Å²) in [5, 5.41) is 12.8. The standard InChI is InChI=1S/C66H45N3Si/c1-5-20-46(21-6-1)47-36-42-63-58(44-47)55-29-14-16-32-60(55)67(63)49-39-43-64-59(45-49)56-30-15-18-34-62(56)69(64)65-35-19-31-57-54-28-13-17-33-61(54)68(66(57)65)48-37-40-53(41-38-48)70(50-22-7-2-8-23-50,51-24-9-3-10-25-51)52-26-11-4-12-27-52/h1-45H. The van der Waals surface area contributed by atoms with Crippen LogP contribution in [0.15, 0.2) is 273 Å². The normalized spacial score (nSPS) is 12.0. The van der Waals surface area contributed by atoms with E-state index in [2.05, 4.69) is 287 Å². The first-order valence-corrected chi connectivity index (χ1v) is 26.2. The number of aromatic nitrogens is 3. The number of nitrogens with zero attached hydrogens (tertiary/aromatic N) is 3. The average Bonchev–Trinajstić information content (AvgIpc) is 4.08. The van der Waals surface area contributed by atoms with Gasteiger partial charge in [0.1, 0.15) is 0 Å². The second-order valence-corrected chi connectivity index (χ2v) is 22.2. The lowest BCUT2D eigenvalue weighted by molar-refractivity contribution is 1.13. The third-order valence-corrected chi connectivity index (χ3v) is 19.6. The van der Waals surface area contributed by atoms with Gasteiger partial charge in [-0.25, -0.2) is 0 Å². The van der Waals surface area contributed by atoms with Crippen LogP contribution in [0.2, 0.25) is 0 Å². The summed E-state index contributed by atoms with van der Waals surface area (Å²) in [4.78, 5) is 0. The summed E-state index contributed by atoms with van der Waals surface area (Å²) in [6, 6.07) is 101. The van der Waals surface area contributed by atoms with Crippen LogP contribution in [-0.4, -0.2) is 21.8 Å². The predicted molar refractivity (Wildman–Crippen MR) is 299 cm³/mol. The van der Waals surface area contributed by atoms with Gasteiger partial charge < -0.3 is 13.7 Å². The van der Waals surface area contributed by atoms with Gasteiger partial charge in [0.25, 0.3) is 0 Å². The first-order valence-electron chi connectivity index (χ1n) is 24.2. The minimum absolute atomic E-state index is 1.13. The highest BCUT2D eigenvalue weighted by Gasteiger charge is 2.41. The van der Waals surface area contributed by atoms with Crippen molar-refractivity contribution in [1.29, 1.82) is 0 Å². The molecule has 3 aromatic heterocycles. The van der Waals surface area contributed by atoms with E-state index in [9.17, 15) is 0 Å². The second-order valence-electron chi connectivity index (χ2n) is 18.4. The summed E-state index contributed by atoms with van der Waals surface area (Å²) >= 11 is 0. The second kappa shape index (κ2) is 16.1. The topological polar surface area (TPSA) is 14.8 Å². The van der Waals surface area contributed by atoms with Crippen molar-refractivity contribution in [2.75, 3.05) is 0 Å². The van der Waals surface area contributed by atoms with Gasteiger partial charge in [-0.15, -0.1) is 0 Å². The number of fused-ring (bicyclic) bond motifs is 9. The molecule has 0 unspecified atom stereocenters. The Morgan fingerprint density at radius 3 is 1.24 bits per heavy atom. The SMILES string of the molecule is c1ccc(-c2ccc3c(c2)c2ccccc2n3-c2ccc3c(c2)c2ccccc2n3-c2cccc3c4ccccc4n(-c4ccc([Si](c5ccccc5)(c5ccccc5)c5ccccc5)cc4)c23)cc1. The van der Waals surface area contributed by atoms with E-state index in [-0.39, 0.29) is 0 Å². The Labute approximate surface area is 407 Å². The molecule has 11 aromatic carbocycles. The van der Waals surface area contributed by atoms with Crippen molar-refractivity contribution in [2.45, 2.75) is 0 Å². The molecule has 0 aliphatic carbocycles. The molecule has 0 amide bonds. The molecule has 3 heterocycles. The largest absolute Gasteiger partial charge is 0.309 e. The number of hydrogen-bond acceptors (Lipinski definition) is 0. The molecule has 0 N–H and O–H groups in total. The van der Waals surface area contributed by atoms with Crippen LogP contribution in [0.4, 0.5) is 0 Å². The summed E-state index contributed by atoms with van der Waals surface area (Å²) in [5.41, 5.74) is 12.9. The van der Waals surface area contributed by atoms with Crippen molar-refractivity contribution in [3.8, 4) is 28.2 Å². The van der Waals surface area contributed by atoms with Crippen LogP contribution in [-0.2, 0) is 0 Å². The van der Waals surface area contributed by atoms with Crippen molar-refractivity contribution >= 4 is 94.2 Å². The van der Waals surface area contributed by atoms with E-state index >= 15 is 0 Å². The molecule has 3 nitrogen and oxygen atoms in total. The van der Waals surface area contributed by atoms with Gasteiger partial charge in [0.05, 0.1) is 38.8 Å². The number of para-hydroxylation sites is 4. The maximum atomic E-state index is 2.50.